The molecule has 0 amide bonds. The molecule has 0 spiro atoms. The smallest absolute Gasteiger partial charge is 0.0837 e. The van der Waals surface area contributed by atoms with E-state index in [0.717, 1.165) is 3.72 Å². The van der Waals surface area contributed by atoms with E-state index in [9.17, 15) is 0 Å². The molecule has 2 heterocycles. The number of fused-ring (bicyclic) bond motifs is 1. The molecule has 11 heavy (non-hydrogen) atoms. The molecule has 1 unspecified atom stereocenters. The van der Waals surface area contributed by atoms with Gasteiger partial charge in [-0.2, -0.15) is 0 Å². The Bertz CT molecular complexity index is 267. The zero-order valence-corrected chi connectivity index (χ0v) is 8.19. The van der Waals surface area contributed by atoms with Crippen LogP contribution in [0.5, 0.6) is 0 Å². The Morgan fingerprint density at radius 3 is 3.36 bits per heavy atom. The summed E-state index contributed by atoms with van der Waals surface area (Å²) in [5, 5.41) is 5.83. The minimum absolute atomic E-state index is 0.264. The van der Waals surface area contributed by atoms with E-state index < -0.39 is 0 Å². The molecule has 0 saturated heterocycles. The lowest BCUT2D eigenvalue weighted by Gasteiger charge is -2.33. The van der Waals surface area contributed by atoms with Crippen molar-refractivity contribution in [2.75, 3.05) is 0 Å². The van der Waals surface area contributed by atoms with Crippen molar-refractivity contribution < 1.29 is 0 Å². The molecule has 1 atom stereocenters. The molecule has 4 heteroatoms. The summed E-state index contributed by atoms with van der Waals surface area (Å²) in [6, 6.07) is 0.264. The van der Waals surface area contributed by atoms with Crippen molar-refractivity contribution in [2.24, 2.45) is 5.10 Å². The number of hydrogen-bond donors (Lipinski definition) is 0. The summed E-state index contributed by atoms with van der Waals surface area (Å²) >= 11 is 2.21. The molecule has 2 aliphatic heterocycles. The molecule has 2 aliphatic rings. The maximum atomic E-state index is 3.97. The molecule has 0 N–H and O–H groups in total. The highest BCUT2D eigenvalue weighted by Gasteiger charge is 2.17. The number of hydrogen-bond acceptors (Lipinski definition) is 2. The van der Waals surface area contributed by atoms with Crippen molar-refractivity contribution in [2.45, 2.75) is 13.0 Å². The van der Waals surface area contributed by atoms with E-state index in [1.54, 1.807) is 0 Å². The summed E-state index contributed by atoms with van der Waals surface area (Å²) < 4.78 is 1.03. The van der Waals surface area contributed by atoms with Crippen molar-refractivity contribution in [3.05, 3.63) is 29.5 Å². The summed E-state index contributed by atoms with van der Waals surface area (Å²) in [4.78, 5) is 0. The first-order chi connectivity index (χ1) is 5.27. The van der Waals surface area contributed by atoms with Crippen molar-refractivity contribution in [3.63, 3.8) is 0 Å². The average Bonchev–Trinajstić information content (AvgIpc) is 2.33. The number of nitrogens with zero attached hydrogens (tertiary/aromatic N) is 3. The third kappa shape index (κ3) is 1.15. The van der Waals surface area contributed by atoms with Gasteiger partial charge < -0.3 is 15.6 Å². The van der Waals surface area contributed by atoms with Crippen LogP contribution in [0.4, 0.5) is 0 Å². The first-order valence-electron chi connectivity index (χ1n) is 3.36. The molecule has 0 aromatic heterocycles. The predicted molar refractivity (Wildman–Crippen MR) is 53.3 cm³/mol. The van der Waals surface area contributed by atoms with Gasteiger partial charge in [0.15, 0.2) is 0 Å². The maximum absolute atomic E-state index is 3.97. The topological polar surface area (TPSA) is 29.7 Å². The fraction of sp³-hybridized carbons (Fsp3) is 0.286. The Morgan fingerprint density at radius 1 is 1.73 bits per heavy atom. The van der Waals surface area contributed by atoms with Gasteiger partial charge in [-0.05, 0) is 41.8 Å². The average molecular weight is 260 g/mol. The lowest BCUT2D eigenvalue weighted by Crippen LogP contribution is -2.26. The summed E-state index contributed by atoms with van der Waals surface area (Å²) in [5.74, 6) is 0. The summed E-state index contributed by atoms with van der Waals surface area (Å²) in [5.41, 5.74) is 5.23. The predicted octanol–water partition coefficient (Wildman–Crippen LogP) is 2.18. The Labute approximate surface area is 78.9 Å². The van der Waals surface area contributed by atoms with Gasteiger partial charge in [-0.25, -0.2) is 0 Å². The molecule has 0 radical (unpaired) electrons. The summed E-state index contributed by atoms with van der Waals surface area (Å²) in [6.07, 6.45) is 6.14. The summed E-state index contributed by atoms with van der Waals surface area (Å²) in [7, 11) is 0. The number of allylic oxidation sites excluding steroid dienone is 2. The van der Waals surface area contributed by atoms with Gasteiger partial charge in [0.05, 0.1) is 9.76 Å². The number of halogens is 1. The van der Waals surface area contributed by atoms with E-state index in [1.807, 2.05) is 17.3 Å². The van der Waals surface area contributed by atoms with Crippen molar-refractivity contribution >= 4 is 26.3 Å². The Balaban J connectivity index is 2.29. The van der Waals surface area contributed by atoms with E-state index in [4.69, 9.17) is 0 Å². The van der Waals surface area contributed by atoms with Crippen LogP contribution in [0.25, 0.3) is 5.53 Å². The van der Waals surface area contributed by atoms with Crippen LogP contribution < -0.4 is 0 Å². The van der Waals surface area contributed by atoms with Gasteiger partial charge in [0.2, 0.25) is 0 Å². The second-order valence-corrected chi connectivity index (χ2v) is 3.67. The molecule has 0 aromatic rings. The van der Waals surface area contributed by atoms with Crippen LogP contribution in [0.15, 0.2) is 29.0 Å². The van der Waals surface area contributed by atoms with Gasteiger partial charge >= 0.3 is 0 Å². The minimum Gasteiger partial charge on any atom is -0.512 e. The second kappa shape index (κ2) is 2.51. The Morgan fingerprint density at radius 2 is 2.55 bits per heavy atom. The summed E-state index contributed by atoms with van der Waals surface area (Å²) in [6.45, 7) is 2.08. The molecule has 0 aliphatic carbocycles. The maximum Gasteiger partial charge on any atom is 0.0837 e. The quantitative estimate of drug-likeness (QED) is 0.614. The van der Waals surface area contributed by atoms with E-state index in [0.29, 0.717) is 0 Å². The van der Waals surface area contributed by atoms with Crippen LogP contribution in [0, 0.1) is 0 Å². The van der Waals surface area contributed by atoms with Crippen LogP contribution in [0.1, 0.15) is 6.92 Å². The van der Waals surface area contributed by atoms with Crippen molar-refractivity contribution in [1.29, 1.82) is 0 Å². The van der Waals surface area contributed by atoms with Gasteiger partial charge in [-0.1, -0.05) is 11.6 Å². The van der Waals surface area contributed by atoms with E-state index >= 15 is 0 Å². The third-order valence-corrected chi connectivity index (χ3v) is 2.54. The molecular weight excluding hydrogens is 253 g/mol. The van der Waals surface area contributed by atoms with Gasteiger partial charge in [0, 0.05) is 0 Å². The lowest BCUT2D eigenvalue weighted by molar-refractivity contribution is 0.485. The monoisotopic (exact) mass is 260 g/mol. The van der Waals surface area contributed by atoms with Crippen LogP contribution >= 0.6 is 22.6 Å². The lowest BCUT2D eigenvalue weighted by atomic mass is 10.1. The fourth-order valence-corrected chi connectivity index (χ4v) is 1.65. The van der Waals surface area contributed by atoms with Gasteiger partial charge in [0.1, 0.15) is 0 Å². The highest BCUT2D eigenvalue weighted by atomic mass is 127. The first-order valence-corrected chi connectivity index (χ1v) is 4.44. The highest BCUT2D eigenvalue weighted by molar-refractivity contribution is 14.1. The van der Waals surface area contributed by atoms with E-state index in [-0.39, 0.29) is 6.04 Å². The van der Waals surface area contributed by atoms with Crippen molar-refractivity contribution in [3.8, 4) is 0 Å². The molecule has 2 rings (SSSR count). The van der Waals surface area contributed by atoms with Crippen LogP contribution in [0.2, 0.25) is 0 Å². The first kappa shape index (κ1) is 7.15. The van der Waals surface area contributed by atoms with Gasteiger partial charge in [-0.15, -0.1) is 0 Å². The SMILES string of the molecule is CC1=CC2C(I)=N[N-]N2C=C1. The van der Waals surface area contributed by atoms with Crippen LogP contribution in [0.3, 0.4) is 0 Å². The molecule has 0 bridgehead atoms. The minimum atomic E-state index is 0.264. The van der Waals surface area contributed by atoms with Crippen LogP contribution in [-0.2, 0) is 0 Å². The van der Waals surface area contributed by atoms with Crippen molar-refractivity contribution in [1.82, 2.24) is 5.01 Å². The normalized spacial score (nSPS) is 27.5. The largest absolute Gasteiger partial charge is 0.512 e. The molecule has 0 fully saturated rings. The standard InChI is InChI=1S/C7H7IN3/c1-5-2-3-11-6(4-5)7(8)9-10-11/h2-4,6H,1H3/q-1. The molecule has 0 aromatic carbocycles. The zero-order valence-electron chi connectivity index (χ0n) is 6.03. The molecular formula is C7H7IN3-. The van der Waals surface area contributed by atoms with E-state index in [2.05, 4.69) is 46.2 Å². The fourth-order valence-electron chi connectivity index (χ4n) is 1.08. The Kier molecular flexibility index (Phi) is 1.63. The third-order valence-electron chi connectivity index (χ3n) is 1.68. The second-order valence-electron chi connectivity index (χ2n) is 2.56. The molecule has 58 valence electrons. The van der Waals surface area contributed by atoms with Crippen LogP contribution in [-0.4, -0.2) is 14.8 Å². The molecule has 0 saturated carbocycles. The van der Waals surface area contributed by atoms with Gasteiger partial charge in [-0.3, -0.25) is 0 Å². The zero-order chi connectivity index (χ0) is 7.84. The number of rotatable bonds is 0. The van der Waals surface area contributed by atoms with E-state index in [1.165, 1.54) is 5.57 Å². The van der Waals surface area contributed by atoms with Gasteiger partial charge in [0.25, 0.3) is 0 Å². The highest BCUT2D eigenvalue weighted by Crippen LogP contribution is 2.26. The molecule has 3 nitrogen and oxygen atoms in total. The Hall–Kier alpha value is -0.520.